The average Bonchev–Trinajstić information content (AvgIpc) is 2.86. The summed E-state index contributed by atoms with van der Waals surface area (Å²) in [6.07, 6.45) is 0.218. The normalized spacial score (nSPS) is 14.4. The highest BCUT2D eigenvalue weighted by atomic mass is 32.2. The predicted molar refractivity (Wildman–Crippen MR) is 143 cm³/mol. The van der Waals surface area contributed by atoms with Crippen molar-refractivity contribution in [2.45, 2.75) is 57.4 Å². The van der Waals surface area contributed by atoms with Crippen molar-refractivity contribution in [1.82, 2.24) is 9.62 Å². The van der Waals surface area contributed by atoms with Crippen LogP contribution in [0.5, 0.6) is 5.75 Å². The number of ether oxygens (including phenoxy) is 1. The maximum Gasteiger partial charge on any atom is 0.218 e. The van der Waals surface area contributed by atoms with Crippen LogP contribution in [0.3, 0.4) is 0 Å². The number of carbonyl (C=O) groups excluding carboxylic acids is 1. The Morgan fingerprint density at radius 3 is 2.28 bits per heavy atom. The van der Waals surface area contributed by atoms with Gasteiger partial charge in [-0.05, 0) is 42.5 Å². The van der Waals surface area contributed by atoms with Crippen LogP contribution in [-0.2, 0) is 27.8 Å². The second-order valence-electron chi connectivity index (χ2n) is 9.06. The zero-order valence-electron chi connectivity index (χ0n) is 21.6. The number of nitrogens with two attached hydrogens (primary N) is 1. The molecule has 0 aliphatic carbocycles. The van der Waals surface area contributed by atoms with Gasteiger partial charge >= 0.3 is 0 Å². The number of nitrogens with zero attached hydrogens (tertiary/aromatic N) is 1. The molecule has 0 fully saturated rings. The van der Waals surface area contributed by atoms with Crippen LogP contribution in [0.1, 0.15) is 44.2 Å². The topological polar surface area (TPSA) is 122 Å². The van der Waals surface area contributed by atoms with Gasteiger partial charge in [-0.25, -0.2) is 12.7 Å². The van der Waals surface area contributed by atoms with Crippen molar-refractivity contribution in [1.29, 1.82) is 0 Å². The molecule has 0 heterocycles. The van der Waals surface area contributed by atoms with Crippen molar-refractivity contribution < 1.29 is 23.1 Å². The molecular formula is C27H41N3O5S. The molecule has 1 unspecified atom stereocenters. The SMILES string of the molecule is CCCN(CCC)S(=O)(=O)C(CC(N)=O)[C@@H](Cc1ccccc1)[C@@H](O)CNCc1cccc(OC)c1. The molecule has 1 amide bonds. The standard InChI is InChI=1S/C27H41N3O5S/c1-4-14-30(15-5-2)36(33,34)26(18-27(28)32)24(17-21-10-7-6-8-11-21)25(31)20-29-19-22-12-9-13-23(16-22)35-3/h6-13,16,24-26,29,31H,4-5,14-15,17-20H2,1-3H3,(H2,28,32)/t24-,25-,26?/m0/s1. The Hall–Kier alpha value is -2.46. The number of benzene rings is 2. The number of sulfonamides is 1. The lowest BCUT2D eigenvalue weighted by Gasteiger charge is -2.34. The van der Waals surface area contributed by atoms with E-state index in [2.05, 4.69) is 5.32 Å². The Balaban J connectivity index is 2.33. The van der Waals surface area contributed by atoms with Crippen molar-refractivity contribution in [3.8, 4) is 5.75 Å². The van der Waals surface area contributed by atoms with Crippen LogP contribution in [0.25, 0.3) is 0 Å². The molecule has 0 radical (unpaired) electrons. The smallest absolute Gasteiger partial charge is 0.218 e. The first-order valence-electron chi connectivity index (χ1n) is 12.6. The van der Waals surface area contributed by atoms with E-state index < -0.39 is 33.2 Å². The summed E-state index contributed by atoms with van der Waals surface area (Å²) in [5.74, 6) is -0.707. The molecule has 36 heavy (non-hydrogen) atoms. The molecule has 0 aromatic heterocycles. The number of hydrogen-bond donors (Lipinski definition) is 3. The Morgan fingerprint density at radius 1 is 1.06 bits per heavy atom. The van der Waals surface area contributed by atoms with E-state index in [0.29, 0.717) is 38.9 Å². The fourth-order valence-corrected chi connectivity index (χ4v) is 6.78. The zero-order chi connectivity index (χ0) is 26.6. The van der Waals surface area contributed by atoms with Crippen LogP contribution < -0.4 is 15.8 Å². The molecule has 0 aliphatic rings. The maximum atomic E-state index is 13.8. The number of amides is 1. The number of hydrogen-bond acceptors (Lipinski definition) is 6. The minimum Gasteiger partial charge on any atom is -0.497 e. The van der Waals surface area contributed by atoms with E-state index in [1.54, 1.807) is 7.11 Å². The molecule has 8 nitrogen and oxygen atoms in total. The number of aliphatic hydroxyl groups is 1. The van der Waals surface area contributed by atoms with Gasteiger partial charge in [0.05, 0.1) is 18.5 Å². The van der Waals surface area contributed by atoms with E-state index in [1.165, 1.54) is 4.31 Å². The molecule has 2 aromatic carbocycles. The van der Waals surface area contributed by atoms with E-state index in [-0.39, 0.29) is 13.0 Å². The third-order valence-corrected chi connectivity index (χ3v) is 8.56. The van der Waals surface area contributed by atoms with Gasteiger partial charge in [-0.1, -0.05) is 56.3 Å². The van der Waals surface area contributed by atoms with Gasteiger partial charge < -0.3 is 20.9 Å². The van der Waals surface area contributed by atoms with E-state index in [9.17, 15) is 18.3 Å². The molecular weight excluding hydrogens is 478 g/mol. The van der Waals surface area contributed by atoms with Gasteiger partial charge in [0, 0.05) is 38.5 Å². The lowest BCUT2D eigenvalue weighted by molar-refractivity contribution is -0.118. The van der Waals surface area contributed by atoms with Crippen molar-refractivity contribution in [2.24, 2.45) is 11.7 Å². The van der Waals surface area contributed by atoms with Crippen LogP contribution in [-0.4, -0.2) is 61.8 Å². The first-order chi connectivity index (χ1) is 17.2. The highest BCUT2D eigenvalue weighted by Crippen LogP contribution is 2.28. The number of carbonyl (C=O) groups is 1. The monoisotopic (exact) mass is 519 g/mol. The van der Waals surface area contributed by atoms with Crippen LogP contribution in [0.4, 0.5) is 0 Å². The average molecular weight is 520 g/mol. The van der Waals surface area contributed by atoms with Gasteiger partial charge in [-0.15, -0.1) is 0 Å². The number of nitrogens with one attached hydrogen (secondary N) is 1. The van der Waals surface area contributed by atoms with E-state index in [4.69, 9.17) is 10.5 Å². The molecule has 0 saturated carbocycles. The van der Waals surface area contributed by atoms with Crippen molar-refractivity contribution in [2.75, 3.05) is 26.7 Å². The summed E-state index contributed by atoms with van der Waals surface area (Å²) < 4.78 is 34.3. The molecule has 4 N–H and O–H groups in total. The fourth-order valence-electron chi connectivity index (χ4n) is 4.43. The second kappa shape index (κ2) is 14.9. The summed E-state index contributed by atoms with van der Waals surface area (Å²) in [4.78, 5) is 12.1. The first kappa shape index (κ1) is 29.8. The molecule has 0 bridgehead atoms. The summed E-state index contributed by atoms with van der Waals surface area (Å²) in [6, 6.07) is 17.0. The van der Waals surface area contributed by atoms with Crippen molar-refractivity contribution in [3.63, 3.8) is 0 Å². The van der Waals surface area contributed by atoms with Gasteiger partial charge in [-0.2, -0.15) is 0 Å². The number of rotatable bonds is 17. The van der Waals surface area contributed by atoms with Gasteiger partial charge in [0.15, 0.2) is 0 Å². The van der Waals surface area contributed by atoms with Crippen LogP contribution in [0.15, 0.2) is 54.6 Å². The van der Waals surface area contributed by atoms with Crippen molar-refractivity contribution in [3.05, 3.63) is 65.7 Å². The summed E-state index contributed by atoms with van der Waals surface area (Å²) in [6.45, 7) is 5.17. The van der Waals surface area contributed by atoms with Gasteiger partial charge in [0.2, 0.25) is 15.9 Å². The summed E-state index contributed by atoms with van der Waals surface area (Å²) in [7, 11) is -2.30. The Bertz CT molecular complexity index is 1030. The molecule has 0 aliphatic heterocycles. The molecule has 3 atom stereocenters. The van der Waals surface area contributed by atoms with Gasteiger partial charge in [0.25, 0.3) is 0 Å². The molecule has 0 saturated heterocycles. The third-order valence-electron chi connectivity index (χ3n) is 6.19. The fraction of sp³-hybridized carbons (Fsp3) is 0.519. The Kier molecular flexibility index (Phi) is 12.4. The molecule has 9 heteroatoms. The van der Waals surface area contributed by atoms with Crippen molar-refractivity contribution >= 4 is 15.9 Å². The minimum atomic E-state index is -3.90. The minimum absolute atomic E-state index is 0.154. The van der Waals surface area contributed by atoms with Crippen LogP contribution in [0.2, 0.25) is 0 Å². The molecule has 0 spiro atoms. The lowest BCUT2D eigenvalue weighted by Crippen LogP contribution is -2.50. The second-order valence-corrected chi connectivity index (χ2v) is 11.2. The van der Waals surface area contributed by atoms with Crippen LogP contribution >= 0.6 is 0 Å². The Morgan fingerprint density at radius 2 is 1.69 bits per heavy atom. The molecule has 2 rings (SSSR count). The first-order valence-corrected chi connectivity index (χ1v) is 14.1. The number of primary amides is 1. The van der Waals surface area contributed by atoms with E-state index >= 15 is 0 Å². The zero-order valence-corrected chi connectivity index (χ0v) is 22.4. The quantitative estimate of drug-likeness (QED) is 0.295. The summed E-state index contributed by atoms with van der Waals surface area (Å²) in [5, 5.41) is 13.4. The molecule has 2 aromatic rings. The van der Waals surface area contributed by atoms with E-state index in [0.717, 1.165) is 16.9 Å². The predicted octanol–water partition coefficient (Wildman–Crippen LogP) is 2.70. The Labute approximate surface area is 215 Å². The van der Waals surface area contributed by atoms with Gasteiger partial charge in [0.1, 0.15) is 5.75 Å². The maximum absolute atomic E-state index is 13.8. The summed E-state index contributed by atoms with van der Waals surface area (Å²) in [5.41, 5.74) is 7.40. The molecule has 200 valence electrons. The third kappa shape index (κ3) is 8.89. The van der Waals surface area contributed by atoms with E-state index in [1.807, 2.05) is 68.4 Å². The largest absolute Gasteiger partial charge is 0.497 e. The van der Waals surface area contributed by atoms with Crippen LogP contribution in [0, 0.1) is 5.92 Å². The highest BCUT2D eigenvalue weighted by Gasteiger charge is 2.41. The summed E-state index contributed by atoms with van der Waals surface area (Å²) >= 11 is 0. The highest BCUT2D eigenvalue weighted by molar-refractivity contribution is 7.89. The number of methoxy groups -OCH3 is 1. The number of aliphatic hydroxyl groups excluding tert-OH is 1. The lowest BCUT2D eigenvalue weighted by atomic mass is 9.89. The van der Waals surface area contributed by atoms with Gasteiger partial charge in [-0.3, -0.25) is 4.79 Å².